The highest BCUT2D eigenvalue weighted by molar-refractivity contribution is 7.17. The molecule has 1 aromatic rings. The fourth-order valence-electron chi connectivity index (χ4n) is 1.66. The van der Waals surface area contributed by atoms with Crippen LogP contribution in [0.2, 0.25) is 4.34 Å². The lowest BCUT2D eigenvalue weighted by Gasteiger charge is -2.03. The molecule has 0 fully saturated rings. The first-order valence-electron chi connectivity index (χ1n) is 6.35. The summed E-state index contributed by atoms with van der Waals surface area (Å²) in [7, 11) is 0. The molecule has 1 amide bonds. The fraction of sp³-hybridized carbons (Fsp3) is 0.538. The van der Waals surface area contributed by atoms with Crippen molar-refractivity contribution in [2.24, 2.45) is 0 Å². The summed E-state index contributed by atoms with van der Waals surface area (Å²) in [6.45, 7) is 0.646. The smallest absolute Gasteiger partial charge is 0.303 e. The van der Waals surface area contributed by atoms with Gasteiger partial charge in [0.15, 0.2) is 0 Å². The minimum atomic E-state index is -0.734. The lowest BCUT2D eigenvalue weighted by molar-refractivity contribution is -0.137. The molecule has 2 N–H and O–H groups in total. The molecule has 0 aliphatic rings. The van der Waals surface area contributed by atoms with Gasteiger partial charge in [0.1, 0.15) is 0 Å². The van der Waals surface area contributed by atoms with Crippen LogP contribution in [0.15, 0.2) is 12.1 Å². The monoisotopic (exact) mass is 303 g/mol. The number of aliphatic carboxylic acids is 1. The summed E-state index contributed by atoms with van der Waals surface area (Å²) in [6, 6.07) is 3.43. The molecule has 0 radical (unpaired) electrons. The molecule has 1 rings (SSSR count). The molecule has 1 aromatic heterocycles. The molecule has 19 heavy (non-hydrogen) atoms. The number of carboxylic acids is 1. The van der Waals surface area contributed by atoms with Crippen molar-refractivity contribution in [1.29, 1.82) is 0 Å². The largest absolute Gasteiger partial charge is 0.481 e. The molecule has 0 aliphatic carbocycles. The van der Waals surface area contributed by atoms with Crippen molar-refractivity contribution in [3.05, 3.63) is 21.3 Å². The van der Waals surface area contributed by atoms with Gasteiger partial charge < -0.3 is 10.4 Å². The van der Waals surface area contributed by atoms with Crippen molar-refractivity contribution in [3.63, 3.8) is 0 Å². The maximum Gasteiger partial charge on any atom is 0.303 e. The van der Waals surface area contributed by atoms with Gasteiger partial charge in [0.2, 0.25) is 0 Å². The highest BCUT2D eigenvalue weighted by Crippen LogP contribution is 2.21. The molecule has 0 unspecified atom stereocenters. The number of hydrogen-bond acceptors (Lipinski definition) is 3. The van der Waals surface area contributed by atoms with Crippen LogP contribution >= 0.6 is 22.9 Å². The third-order valence-corrected chi connectivity index (χ3v) is 3.88. The maximum atomic E-state index is 11.6. The summed E-state index contributed by atoms with van der Waals surface area (Å²) in [4.78, 5) is 22.6. The predicted molar refractivity (Wildman–Crippen MR) is 77.0 cm³/mol. The molecule has 1 heterocycles. The first-order valence-corrected chi connectivity index (χ1v) is 7.54. The summed E-state index contributed by atoms with van der Waals surface area (Å²) in [5.74, 6) is -0.815. The van der Waals surface area contributed by atoms with Crippen LogP contribution in [-0.4, -0.2) is 23.5 Å². The number of halogens is 1. The number of rotatable bonds is 9. The number of carboxylic acid groups (broad SMARTS) is 1. The second kappa shape index (κ2) is 8.93. The molecule has 0 atom stereocenters. The Bertz CT molecular complexity index is 420. The van der Waals surface area contributed by atoms with E-state index >= 15 is 0 Å². The van der Waals surface area contributed by atoms with Gasteiger partial charge in [-0.25, -0.2) is 0 Å². The summed E-state index contributed by atoms with van der Waals surface area (Å²) < 4.78 is 0.614. The van der Waals surface area contributed by atoms with E-state index in [2.05, 4.69) is 5.32 Å². The summed E-state index contributed by atoms with van der Waals surface area (Å²) in [5, 5.41) is 11.3. The predicted octanol–water partition coefficient (Wildman–Crippen LogP) is 3.56. The molecule has 106 valence electrons. The second-order valence-electron chi connectivity index (χ2n) is 4.27. The highest BCUT2D eigenvalue weighted by Gasteiger charge is 2.07. The van der Waals surface area contributed by atoms with Crippen LogP contribution in [0.25, 0.3) is 0 Å². The van der Waals surface area contributed by atoms with Crippen LogP contribution in [0.5, 0.6) is 0 Å². The van der Waals surface area contributed by atoms with E-state index in [-0.39, 0.29) is 12.3 Å². The molecule has 0 aliphatic heterocycles. The first kappa shape index (κ1) is 16.0. The van der Waals surface area contributed by atoms with Gasteiger partial charge in [0.05, 0.1) is 9.21 Å². The maximum absolute atomic E-state index is 11.6. The van der Waals surface area contributed by atoms with Crippen molar-refractivity contribution < 1.29 is 14.7 Å². The number of unbranched alkanes of at least 4 members (excludes halogenated alkanes) is 4. The number of nitrogens with one attached hydrogen (secondary N) is 1. The Labute approximate surface area is 121 Å². The Morgan fingerprint density at radius 1 is 1.16 bits per heavy atom. The van der Waals surface area contributed by atoms with Gasteiger partial charge in [-0.3, -0.25) is 9.59 Å². The van der Waals surface area contributed by atoms with Crippen LogP contribution in [0, 0.1) is 0 Å². The lowest BCUT2D eigenvalue weighted by Crippen LogP contribution is -2.23. The van der Waals surface area contributed by atoms with Crippen molar-refractivity contribution in [3.8, 4) is 0 Å². The Morgan fingerprint density at radius 2 is 1.84 bits per heavy atom. The molecule has 0 spiro atoms. The SMILES string of the molecule is O=C(O)CCCCCCCNC(=O)c1ccc(Cl)s1. The molecule has 0 saturated carbocycles. The van der Waals surface area contributed by atoms with Gasteiger partial charge in [-0.15, -0.1) is 11.3 Å². The Balaban J connectivity index is 1.99. The molecule has 0 saturated heterocycles. The van der Waals surface area contributed by atoms with Gasteiger partial charge in [-0.05, 0) is 25.0 Å². The number of amides is 1. The number of carbonyl (C=O) groups excluding carboxylic acids is 1. The van der Waals surface area contributed by atoms with Crippen molar-refractivity contribution in [1.82, 2.24) is 5.32 Å². The van der Waals surface area contributed by atoms with E-state index in [1.54, 1.807) is 12.1 Å². The van der Waals surface area contributed by atoms with Crippen LogP contribution in [0.4, 0.5) is 0 Å². The molecule has 4 nitrogen and oxygen atoms in total. The van der Waals surface area contributed by atoms with Gasteiger partial charge in [-0.2, -0.15) is 0 Å². The fourth-order valence-corrected chi connectivity index (χ4v) is 2.62. The number of carbonyl (C=O) groups is 2. The molecular weight excluding hydrogens is 286 g/mol. The number of hydrogen-bond donors (Lipinski definition) is 2. The minimum absolute atomic E-state index is 0.0808. The zero-order valence-corrected chi connectivity index (χ0v) is 12.2. The zero-order chi connectivity index (χ0) is 14.1. The van der Waals surface area contributed by atoms with E-state index < -0.39 is 5.97 Å². The average Bonchev–Trinajstić information content (AvgIpc) is 2.78. The zero-order valence-electron chi connectivity index (χ0n) is 10.7. The van der Waals surface area contributed by atoms with E-state index in [1.807, 2.05) is 0 Å². The van der Waals surface area contributed by atoms with E-state index in [1.165, 1.54) is 11.3 Å². The van der Waals surface area contributed by atoms with Gasteiger partial charge >= 0.3 is 5.97 Å². The Morgan fingerprint density at radius 3 is 2.47 bits per heavy atom. The van der Waals surface area contributed by atoms with Crippen LogP contribution in [0.1, 0.15) is 48.2 Å². The normalized spacial score (nSPS) is 10.4. The summed E-state index contributed by atoms with van der Waals surface area (Å²) in [5.41, 5.74) is 0. The number of thiophene rings is 1. The van der Waals surface area contributed by atoms with Gasteiger partial charge in [0, 0.05) is 13.0 Å². The third kappa shape index (κ3) is 7.18. The first-order chi connectivity index (χ1) is 9.09. The Kier molecular flexibility index (Phi) is 7.52. The average molecular weight is 304 g/mol. The summed E-state index contributed by atoms with van der Waals surface area (Å²) in [6.07, 6.45) is 4.84. The third-order valence-electron chi connectivity index (χ3n) is 2.65. The molecular formula is C13H18ClNO3S. The molecule has 0 aromatic carbocycles. The molecule has 0 bridgehead atoms. The van der Waals surface area contributed by atoms with Gasteiger partial charge in [0.25, 0.3) is 5.91 Å². The van der Waals surface area contributed by atoms with E-state index in [0.29, 0.717) is 15.8 Å². The van der Waals surface area contributed by atoms with Gasteiger partial charge in [-0.1, -0.05) is 30.9 Å². The Hall–Kier alpha value is -1.07. The van der Waals surface area contributed by atoms with Crippen LogP contribution in [0.3, 0.4) is 0 Å². The standard InChI is InChI=1S/C13H18ClNO3S/c14-11-8-7-10(19-11)13(18)15-9-5-3-1-2-4-6-12(16)17/h7-8H,1-6,9H2,(H,15,18)(H,16,17). The quantitative estimate of drug-likeness (QED) is 0.686. The van der Waals surface area contributed by atoms with Crippen LogP contribution < -0.4 is 5.32 Å². The lowest BCUT2D eigenvalue weighted by atomic mass is 10.1. The van der Waals surface area contributed by atoms with E-state index in [9.17, 15) is 9.59 Å². The van der Waals surface area contributed by atoms with E-state index in [0.717, 1.165) is 32.1 Å². The summed E-state index contributed by atoms with van der Waals surface area (Å²) >= 11 is 7.03. The van der Waals surface area contributed by atoms with Crippen LogP contribution in [-0.2, 0) is 4.79 Å². The van der Waals surface area contributed by atoms with Crippen molar-refractivity contribution >= 4 is 34.8 Å². The van der Waals surface area contributed by atoms with Crippen molar-refractivity contribution in [2.45, 2.75) is 38.5 Å². The second-order valence-corrected chi connectivity index (χ2v) is 5.99. The molecule has 6 heteroatoms. The topological polar surface area (TPSA) is 66.4 Å². The highest BCUT2D eigenvalue weighted by atomic mass is 35.5. The minimum Gasteiger partial charge on any atom is -0.481 e. The van der Waals surface area contributed by atoms with E-state index in [4.69, 9.17) is 16.7 Å². The van der Waals surface area contributed by atoms with Crippen molar-refractivity contribution in [2.75, 3.05) is 6.54 Å².